The maximum atomic E-state index is 13.5. The zero-order chi connectivity index (χ0) is 13.7. The first-order chi connectivity index (χ1) is 9.20. The lowest BCUT2D eigenvalue weighted by Gasteiger charge is -2.28. The largest absolute Gasteiger partial charge is 0.494 e. The number of ether oxygens (including phenoxy) is 1. The Labute approximate surface area is 115 Å². The number of halogens is 1. The van der Waals surface area contributed by atoms with Crippen molar-refractivity contribution in [2.45, 2.75) is 39.2 Å². The van der Waals surface area contributed by atoms with Gasteiger partial charge in [0.25, 0.3) is 0 Å². The van der Waals surface area contributed by atoms with Gasteiger partial charge in [-0.05, 0) is 42.5 Å². The van der Waals surface area contributed by atoms with Crippen LogP contribution in [0.15, 0.2) is 18.2 Å². The molecule has 1 saturated carbocycles. The van der Waals surface area contributed by atoms with Gasteiger partial charge in [-0.1, -0.05) is 32.3 Å². The molecule has 1 aromatic carbocycles. The molecule has 1 aromatic rings. The highest BCUT2D eigenvalue weighted by Gasteiger charge is 2.20. The molecule has 0 radical (unpaired) electrons. The third-order valence-corrected chi connectivity index (χ3v) is 4.24. The predicted molar refractivity (Wildman–Crippen MR) is 75.8 cm³/mol. The molecule has 3 heteroatoms. The Morgan fingerprint density at radius 2 is 2.11 bits per heavy atom. The van der Waals surface area contributed by atoms with Crippen LogP contribution in [0.5, 0.6) is 5.75 Å². The molecule has 1 fully saturated rings. The molecular formula is C16H24FNO. The summed E-state index contributed by atoms with van der Waals surface area (Å²) >= 11 is 0. The molecule has 1 aliphatic rings. The Kier molecular flexibility index (Phi) is 5.20. The number of methoxy groups -OCH3 is 1. The number of hydrogen-bond acceptors (Lipinski definition) is 2. The lowest BCUT2D eigenvalue weighted by atomic mass is 9.80. The molecule has 2 unspecified atom stereocenters. The van der Waals surface area contributed by atoms with Gasteiger partial charge in [0.2, 0.25) is 0 Å². The van der Waals surface area contributed by atoms with E-state index in [0.717, 1.165) is 30.5 Å². The van der Waals surface area contributed by atoms with Crippen LogP contribution in [0, 0.1) is 17.7 Å². The van der Waals surface area contributed by atoms with Gasteiger partial charge in [-0.25, -0.2) is 4.39 Å². The molecule has 0 saturated heterocycles. The standard InChI is InChI=1S/C16H24FNO/c1-12-5-3-4-6-14(12)11-18-10-13-7-8-16(19-2)15(17)9-13/h7-9,12,14,18H,3-6,10-11H2,1-2H3. The molecule has 0 aromatic heterocycles. The third-order valence-electron chi connectivity index (χ3n) is 4.24. The predicted octanol–water partition coefficient (Wildman–Crippen LogP) is 3.75. The van der Waals surface area contributed by atoms with E-state index in [9.17, 15) is 4.39 Å². The van der Waals surface area contributed by atoms with E-state index in [1.807, 2.05) is 6.07 Å². The summed E-state index contributed by atoms with van der Waals surface area (Å²) in [6, 6.07) is 5.16. The fraction of sp³-hybridized carbons (Fsp3) is 0.625. The van der Waals surface area contributed by atoms with Crippen molar-refractivity contribution in [2.24, 2.45) is 11.8 Å². The van der Waals surface area contributed by atoms with E-state index in [-0.39, 0.29) is 5.82 Å². The van der Waals surface area contributed by atoms with Crippen LogP contribution in [0.25, 0.3) is 0 Å². The molecule has 19 heavy (non-hydrogen) atoms. The second kappa shape index (κ2) is 6.90. The van der Waals surface area contributed by atoms with Crippen molar-refractivity contribution in [3.05, 3.63) is 29.6 Å². The first-order valence-corrected chi connectivity index (χ1v) is 7.24. The summed E-state index contributed by atoms with van der Waals surface area (Å²) in [5, 5.41) is 3.46. The van der Waals surface area contributed by atoms with Crippen molar-refractivity contribution in [2.75, 3.05) is 13.7 Å². The Bertz CT molecular complexity index is 408. The minimum Gasteiger partial charge on any atom is -0.494 e. The monoisotopic (exact) mass is 265 g/mol. The lowest BCUT2D eigenvalue weighted by Crippen LogP contribution is -2.29. The normalized spacial score (nSPS) is 23.3. The Balaban J connectivity index is 1.80. The first-order valence-electron chi connectivity index (χ1n) is 7.24. The maximum Gasteiger partial charge on any atom is 0.165 e. The molecule has 0 amide bonds. The van der Waals surface area contributed by atoms with Gasteiger partial charge < -0.3 is 10.1 Å². The summed E-state index contributed by atoms with van der Waals surface area (Å²) in [4.78, 5) is 0. The van der Waals surface area contributed by atoms with Crippen LogP contribution in [0.1, 0.15) is 38.2 Å². The van der Waals surface area contributed by atoms with Crippen molar-refractivity contribution in [3.8, 4) is 5.75 Å². The van der Waals surface area contributed by atoms with Gasteiger partial charge in [-0.3, -0.25) is 0 Å². The summed E-state index contributed by atoms with van der Waals surface area (Å²) < 4.78 is 18.5. The Morgan fingerprint density at radius 3 is 2.79 bits per heavy atom. The zero-order valence-corrected chi connectivity index (χ0v) is 11.9. The van der Waals surface area contributed by atoms with Crippen LogP contribution >= 0.6 is 0 Å². The highest BCUT2D eigenvalue weighted by Crippen LogP contribution is 2.28. The van der Waals surface area contributed by atoms with Crippen molar-refractivity contribution in [1.29, 1.82) is 0 Å². The van der Waals surface area contributed by atoms with Crippen LogP contribution in [-0.2, 0) is 6.54 Å². The minimum absolute atomic E-state index is 0.284. The lowest BCUT2D eigenvalue weighted by molar-refractivity contribution is 0.247. The van der Waals surface area contributed by atoms with Gasteiger partial charge in [0.1, 0.15) is 0 Å². The number of rotatable bonds is 5. The highest BCUT2D eigenvalue weighted by molar-refractivity contribution is 5.29. The molecule has 0 aliphatic heterocycles. The van der Waals surface area contributed by atoms with Gasteiger partial charge in [0, 0.05) is 6.54 Å². The van der Waals surface area contributed by atoms with Crippen LogP contribution in [-0.4, -0.2) is 13.7 Å². The molecule has 2 rings (SSSR count). The topological polar surface area (TPSA) is 21.3 Å². The molecule has 0 heterocycles. The van der Waals surface area contributed by atoms with Crippen LogP contribution < -0.4 is 10.1 Å². The maximum absolute atomic E-state index is 13.5. The molecular weight excluding hydrogens is 241 g/mol. The fourth-order valence-electron chi connectivity index (χ4n) is 2.92. The average molecular weight is 265 g/mol. The number of benzene rings is 1. The Hall–Kier alpha value is -1.09. The summed E-state index contributed by atoms with van der Waals surface area (Å²) in [6.07, 6.45) is 5.41. The average Bonchev–Trinajstić information content (AvgIpc) is 2.41. The second-order valence-corrected chi connectivity index (χ2v) is 5.62. The first kappa shape index (κ1) is 14.3. The van der Waals surface area contributed by atoms with Crippen molar-refractivity contribution in [1.82, 2.24) is 5.32 Å². The van der Waals surface area contributed by atoms with E-state index in [1.54, 1.807) is 12.1 Å². The van der Waals surface area contributed by atoms with Crippen molar-refractivity contribution < 1.29 is 9.13 Å². The van der Waals surface area contributed by atoms with Gasteiger partial charge >= 0.3 is 0 Å². The Morgan fingerprint density at radius 1 is 1.32 bits per heavy atom. The van der Waals surface area contributed by atoms with E-state index in [0.29, 0.717) is 5.75 Å². The summed E-state index contributed by atoms with van der Waals surface area (Å²) in [7, 11) is 1.49. The highest BCUT2D eigenvalue weighted by atomic mass is 19.1. The van der Waals surface area contributed by atoms with Crippen molar-refractivity contribution in [3.63, 3.8) is 0 Å². The fourth-order valence-corrected chi connectivity index (χ4v) is 2.92. The molecule has 106 valence electrons. The van der Waals surface area contributed by atoms with Gasteiger partial charge in [-0.15, -0.1) is 0 Å². The van der Waals surface area contributed by atoms with Crippen LogP contribution in [0.4, 0.5) is 4.39 Å². The number of hydrogen-bond donors (Lipinski definition) is 1. The number of nitrogens with one attached hydrogen (secondary N) is 1. The molecule has 2 atom stereocenters. The molecule has 0 bridgehead atoms. The third kappa shape index (κ3) is 3.93. The van der Waals surface area contributed by atoms with E-state index in [4.69, 9.17) is 4.74 Å². The molecule has 2 nitrogen and oxygen atoms in total. The van der Waals surface area contributed by atoms with Crippen LogP contribution in [0.2, 0.25) is 0 Å². The van der Waals surface area contributed by atoms with Gasteiger partial charge in [-0.2, -0.15) is 0 Å². The summed E-state index contributed by atoms with van der Waals surface area (Å²) in [5.41, 5.74) is 0.974. The molecule has 1 aliphatic carbocycles. The van der Waals surface area contributed by atoms with E-state index in [2.05, 4.69) is 12.2 Å². The summed E-state index contributed by atoms with van der Waals surface area (Å²) in [6.45, 7) is 4.11. The molecule has 1 N–H and O–H groups in total. The second-order valence-electron chi connectivity index (χ2n) is 5.62. The smallest absolute Gasteiger partial charge is 0.165 e. The van der Waals surface area contributed by atoms with Gasteiger partial charge in [0.15, 0.2) is 11.6 Å². The summed E-state index contributed by atoms with van der Waals surface area (Å²) in [5.74, 6) is 1.61. The SMILES string of the molecule is COc1ccc(CNCC2CCCCC2C)cc1F. The quantitative estimate of drug-likeness (QED) is 0.875. The van der Waals surface area contributed by atoms with Crippen molar-refractivity contribution >= 4 is 0 Å². The van der Waals surface area contributed by atoms with E-state index in [1.165, 1.54) is 32.8 Å². The van der Waals surface area contributed by atoms with E-state index >= 15 is 0 Å². The van der Waals surface area contributed by atoms with Gasteiger partial charge in [0.05, 0.1) is 7.11 Å². The molecule has 0 spiro atoms. The van der Waals surface area contributed by atoms with E-state index < -0.39 is 0 Å². The minimum atomic E-state index is -0.284. The zero-order valence-electron chi connectivity index (χ0n) is 11.9. The van der Waals surface area contributed by atoms with Crippen LogP contribution in [0.3, 0.4) is 0 Å².